The molecule has 0 aliphatic carbocycles. The Morgan fingerprint density at radius 1 is 1.23 bits per heavy atom. The molecule has 0 saturated carbocycles. The number of hydrazone groups is 1. The van der Waals surface area contributed by atoms with Gasteiger partial charge in [0.1, 0.15) is 5.75 Å². The summed E-state index contributed by atoms with van der Waals surface area (Å²) in [7, 11) is 1.63. The molecule has 0 radical (unpaired) electrons. The number of ether oxygens (including phenoxy) is 1. The molecular formula is C17H18N3O2+. The molecule has 5 nitrogen and oxygen atoms in total. The van der Waals surface area contributed by atoms with E-state index in [-0.39, 0.29) is 12.5 Å². The highest BCUT2D eigenvalue weighted by Gasteiger charge is 2.06. The molecule has 112 valence electrons. The van der Waals surface area contributed by atoms with E-state index in [0.29, 0.717) is 0 Å². The van der Waals surface area contributed by atoms with E-state index in [2.05, 4.69) is 10.5 Å². The van der Waals surface area contributed by atoms with Crippen LogP contribution in [0.25, 0.3) is 6.08 Å². The second-order valence-electron chi connectivity index (χ2n) is 4.46. The van der Waals surface area contributed by atoms with Gasteiger partial charge in [-0.05, 0) is 18.2 Å². The highest BCUT2D eigenvalue weighted by Crippen LogP contribution is 2.18. The average Bonchev–Trinajstić information content (AvgIpc) is 2.56. The van der Waals surface area contributed by atoms with Crippen LogP contribution in [-0.4, -0.2) is 19.2 Å². The number of nitrogens with one attached hydrogen (secondary N) is 1. The molecule has 1 aromatic carbocycles. The third-order valence-electron chi connectivity index (χ3n) is 2.87. The molecule has 2 aromatic rings. The van der Waals surface area contributed by atoms with E-state index < -0.39 is 0 Å². The lowest BCUT2D eigenvalue weighted by atomic mass is 10.2. The van der Waals surface area contributed by atoms with Crippen molar-refractivity contribution in [1.29, 1.82) is 0 Å². The molecule has 5 heteroatoms. The fourth-order valence-corrected chi connectivity index (χ4v) is 1.84. The maximum Gasteiger partial charge on any atom is 0.305 e. The molecule has 0 unspecified atom stereocenters. The summed E-state index contributed by atoms with van der Waals surface area (Å²) in [5.41, 5.74) is 3.42. The van der Waals surface area contributed by atoms with Gasteiger partial charge in [0.2, 0.25) is 6.54 Å². The number of allylic oxidation sites excluding steroid dienone is 1. The van der Waals surface area contributed by atoms with Crippen molar-refractivity contribution >= 4 is 18.2 Å². The molecule has 0 atom stereocenters. The van der Waals surface area contributed by atoms with Gasteiger partial charge in [0, 0.05) is 23.9 Å². The Balaban J connectivity index is 1.83. The van der Waals surface area contributed by atoms with Gasteiger partial charge < -0.3 is 4.74 Å². The molecule has 0 saturated heterocycles. The number of rotatable bonds is 6. The largest absolute Gasteiger partial charge is 0.496 e. The van der Waals surface area contributed by atoms with Crippen LogP contribution in [0.5, 0.6) is 5.75 Å². The summed E-state index contributed by atoms with van der Waals surface area (Å²) in [6.07, 6.45) is 8.78. The minimum absolute atomic E-state index is 0.182. The lowest BCUT2D eigenvalue weighted by Crippen LogP contribution is -2.40. The molecule has 22 heavy (non-hydrogen) atoms. The number of aromatic nitrogens is 1. The van der Waals surface area contributed by atoms with E-state index in [0.717, 1.165) is 11.3 Å². The number of methoxy groups -OCH3 is 1. The number of benzene rings is 1. The number of carbonyl (C=O) groups excluding carboxylic acids is 1. The van der Waals surface area contributed by atoms with Gasteiger partial charge in [0.25, 0.3) is 0 Å². The number of para-hydroxylation sites is 1. The smallest absolute Gasteiger partial charge is 0.305 e. The quantitative estimate of drug-likeness (QED) is 0.502. The highest BCUT2D eigenvalue weighted by atomic mass is 16.5. The van der Waals surface area contributed by atoms with Gasteiger partial charge in [-0.15, -0.1) is 0 Å². The van der Waals surface area contributed by atoms with Crippen molar-refractivity contribution in [3.8, 4) is 5.75 Å². The first-order valence-electron chi connectivity index (χ1n) is 6.85. The molecule has 0 aliphatic heterocycles. The molecular weight excluding hydrogens is 278 g/mol. The first-order chi connectivity index (χ1) is 10.8. The van der Waals surface area contributed by atoms with Gasteiger partial charge in [0.05, 0.1) is 7.11 Å². The number of pyridine rings is 1. The molecule has 1 amide bonds. The number of hydrogen-bond donors (Lipinski definition) is 1. The van der Waals surface area contributed by atoms with E-state index >= 15 is 0 Å². The molecule has 0 aliphatic rings. The van der Waals surface area contributed by atoms with Crippen LogP contribution in [0.2, 0.25) is 0 Å². The average molecular weight is 296 g/mol. The Labute approximate surface area is 129 Å². The summed E-state index contributed by atoms with van der Waals surface area (Å²) in [5, 5.41) is 3.87. The third kappa shape index (κ3) is 4.86. The number of amides is 1. The predicted molar refractivity (Wildman–Crippen MR) is 85.3 cm³/mol. The van der Waals surface area contributed by atoms with Crippen molar-refractivity contribution in [1.82, 2.24) is 5.43 Å². The van der Waals surface area contributed by atoms with Crippen molar-refractivity contribution in [2.24, 2.45) is 5.10 Å². The predicted octanol–water partition coefficient (Wildman–Crippen LogP) is 1.80. The van der Waals surface area contributed by atoms with Gasteiger partial charge in [-0.3, -0.25) is 4.79 Å². The van der Waals surface area contributed by atoms with Crippen LogP contribution in [0.4, 0.5) is 0 Å². The Bertz CT molecular complexity index is 667. The molecule has 1 N–H and O–H groups in total. The molecule has 0 spiro atoms. The van der Waals surface area contributed by atoms with E-state index in [9.17, 15) is 4.79 Å². The van der Waals surface area contributed by atoms with E-state index in [1.807, 2.05) is 60.9 Å². The SMILES string of the molecule is COc1ccccc1C=C/C=N/NC(=O)C[n+]1ccccc1. The summed E-state index contributed by atoms with van der Waals surface area (Å²) in [6.45, 7) is 0.231. The first kappa shape index (κ1) is 15.4. The number of hydrogen-bond acceptors (Lipinski definition) is 3. The third-order valence-corrected chi connectivity index (χ3v) is 2.87. The minimum atomic E-state index is -0.182. The van der Waals surface area contributed by atoms with Gasteiger partial charge in [-0.25, -0.2) is 5.43 Å². The topological polar surface area (TPSA) is 54.6 Å². The zero-order chi connectivity index (χ0) is 15.6. The Morgan fingerprint density at radius 2 is 2.00 bits per heavy atom. The van der Waals surface area contributed by atoms with Gasteiger partial charge in [-0.2, -0.15) is 9.67 Å². The van der Waals surface area contributed by atoms with Gasteiger partial charge in [-0.1, -0.05) is 24.3 Å². The van der Waals surface area contributed by atoms with Crippen LogP contribution in [0.1, 0.15) is 5.56 Å². The maximum absolute atomic E-state index is 11.7. The van der Waals surface area contributed by atoms with Crippen LogP contribution in [0.3, 0.4) is 0 Å². The van der Waals surface area contributed by atoms with Crippen LogP contribution in [-0.2, 0) is 11.3 Å². The van der Waals surface area contributed by atoms with Crippen molar-refractivity contribution < 1.29 is 14.1 Å². The molecule has 0 bridgehead atoms. The fourth-order valence-electron chi connectivity index (χ4n) is 1.84. The number of carbonyl (C=O) groups is 1. The summed E-state index contributed by atoms with van der Waals surface area (Å²) in [4.78, 5) is 11.7. The zero-order valence-corrected chi connectivity index (χ0v) is 12.3. The van der Waals surface area contributed by atoms with Crippen molar-refractivity contribution in [3.63, 3.8) is 0 Å². The Kier molecular flexibility index (Phi) is 5.87. The number of nitrogens with zero attached hydrogens (tertiary/aromatic N) is 2. The van der Waals surface area contributed by atoms with Crippen LogP contribution >= 0.6 is 0 Å². The molecule has 1 heterocycles. The van der Waals surface area contributed by atoms with Crippen molar-refractivity contribution in [2.45, 2.75) is 6.54 Å². The highest BCUT2D eigenvalue weighted by molar-refractivity contribution is 5.81. The first-order valence-corrected chi connectivity index (χ1v) is 6.85. The van der Waals surface area contributed by atoms with Crippen molar-refractivity contribution in [2.75, 3.05) is 7.11 Å². The normalized spacial score (nSPS) is 11.0. The van der Waals surface area contributed by atoms with Crippen LogP contribution in [0.15, 0.2) is 66.0 Å². The summed E-state index contributed by atoms with van der Waals surface area (Å²) in [6, 6.07) is 13.3. The van der Waals surface area contributed by atoms with Crippen LogP contribution in [0, 0.1) is 0 Å². The molecule has 0 fully saturated rings. The second-order valence-corrected chi connectivity index (χ2v) is 4.46. The molecule has 1 aromatic heterocycles. The van der Waals surface area contributed by atoms with Crippen molar-refractivity contribution in [3.05, 3.63) is 66.5 Å². The standard InChI is InChI=1S/C17H17N3O2/c1-22-16-10-4-3-8-15(16)9-7-11-18-19-17(21)14-20-12-5-2-6-13-20/h2-13H,14H2,1H3/p+1/b9-7?,18-11+. The van der Waals surface area contributed by atoms with E-state index in [1.54, 1.807) is 17.8 Å². The van der Waals surface area contributed by atoms with Gasteiger partial charge in [0.15, 0.2) is 12.4 Å². The Morgan fingerprint density at radius 3 is 2.77 bits per heavy atom. The summed E-state index contributed by atoms with van der Waals surface area (Å²) in [5.74, 6) is 0.606. The molecule has 2 rings (SSSR count). The fraction of sp³-hybridized carbons (Fsp3) is 0.118. The summed E-state index contributed by atoms with van der Waals surface area (Å²) < 4.78 is 7.01. The van der Waals surface area contributed by atoms with E-state index in [4.69, 9.17) is 4.74 Å². The second kappa shape index (κ2) is 8.36. The monoisotopic (exact) mass is 296 g/mol. The van der Waals surface area contributed by atoms with E-state index in [1.165, 1.54) is 6.21 Å². The summed E-state index contributed by atoms with van der Waals surface area (Å²) >= 11 is 0. The minimum Gasteiger partial charge on any atom is -0.496 e. The van der Waals surface area contributed by atoms with Gasteiger partial charge >= 0.3 is 5.91 Å². The maximum atomic E-state index is 11.7. The lowest BCUT2D eigenvalue weighted by Gasteiger charge is -2.02. The zero-order valence-electron chi connectivity index (χ0n) is 12.3. The Hall–Kier alpha value is -2.95. The van der Waals surface area contributed by atoms with Crippen LogP contribution < -0.4 is 14.7 Å². The lowest BCUT2D eigenvalue weighted by molar-refractivity contribution is -0.684.